The fourth-order valence-corrected chi connectivity index (χ4v) is 3.56. The largest absolute Gasteiger partial charge is 0.369 e. The predicted octanol–water partition coefficient (Wildman–Crippen LogP) is 2.48. The molecule has 2 N–H and O–H groups in total. The molecule has 1 aliphatic heterocycles. The lowest BCUT2D eigenvalue weighted by Gasteiger charge is -2.36. The first-order chi connectivity index (χ1) is 7.69. The van der Waals surface area contributed by atoms with Crippen LogP contribution in [0.1, 0.15) is 19.4 Å². The molecule has 1 aromatic rings. The monoisotopic (exact) mass is 236 g/mol. The minimum absolute atomic E-state index is 0.628. The number of rotatable bonds is 2. The highest BCUT2D eigenvalue weighted by atomic mass is 32.2. The second-order valence-corrected chi connectivity index (χ2v) is 6.41. The van der Waals surface area contributed by atoms with Crippen LogP contribution in [-0.4, -0.2) is 23.6 Å². The lowest BCUT2D eigenvalue weighted by molar-refractivity contribution is 0.728. The Labute approximate surface area is 102 Å². The van der Waals surface area contributed by atoms with Gasteiger partial charge in [-0.1, -0.05) is 26.0 Å². The summed E-state index contributed by atoms with van der Waals surface area (Å²) >= 11 is 2.09. The minimum Gasteiger partial charge on any atom is -0.369 e. The van der Waals surface area contributed by atoms with Gasteiger partial charge in [0.1, 0.15) is 0 Å². The van der Waals surface area contributed by atoms with Crippen molar-refractivity contribution in [2.45, 2.75) is 30.9 Å². The SMILES string of the molecule is CC1CN(c2ccc(CN)cc2)CC(C)S1. The Kier molecular flexibility index (Phi) is 3.77. The van der Waals surface area contributed by atoms with Crippen molar-refractivity contribution < 1.29 is 0 Å². The Morgan fingerprint density at radius 1 is 1.19 bits per heavy atom. The minimum atomic E-state index is 0.628. The van der Waals surface area contributed by atoms with E-state index in [1.54, 1.807) is 0 Å². The number of benzene rings is 1. The third-order valence-electron chi connectivity index (χ3n) is 2.96. The van der Waals surface area contributed by atoms with Crippen LogP contribution >= 0.6 is 11.8 Å². The second-order valence-electron chi connectivity index (χ2n) is 4.53. The number of thioether (sulfide) groups is 1. The number of nitrogens with two attached hydrogens (primary N) is 1. The summed E-state index contributed by atoms with van der Waals surface area (Å²) in [6.07, 6.45) is 0. The van der Waals surface area contributed by atoms with Crippen molar-refractivity contribution in [3.8, 4) is 0 Å². The summed E-state index contributed by atoms with van der Waals surface area (Å²) in [5.41, 5.74) is 8.14. The molecule has 1 aliphatic rings. The van der Waals surface area contributed by atoms with Gasteiger partial charge in [-0.15, -0.1) is 0 Å². The molecule has 1 heterocycles. The average Bonchev–Trinajstić information content (AvgIpc) is 2.28. The summed E-state index contributed by atoms with van der Waals surface area (Å²) in [6, 6.07) is 8.65. The van der Waals surface area contributed by atoms with E-state index in [0.717, 1.165) is 23.6 Å². The van der Waals surface area contributed by atoms with E-state index in [1.807, 2.05) is 0 Å². The highest BCUT2D eigenvalue weighted by Gasteiger charge is 2.22. The smallest absolute Gasteiger partial charge is 0.0367 e. The molecule has 0 radical (unpaired) electrons. The Balaban J connectivity index is 2.10. The summed E-state index contributed by atoms with van der Waals surface area (Å²) < 4.78 is 0. The van der Waals surface area contributed by atoms with Gasteiger partial charge in [-0.25, -0.2) is 0 Å². The summed E-state index contributed by atoms with van der Waals surface area (Å²) in [7, 11) is 0. The highest BCUT2D eigenvalue weighted by Crippen LogP contribution is 2.28. The maximum Gasteiger partial charge on any atom is 0.0367 e. The lowest BCUT2D eigenvalue weighted by atomic mass is 10.2. The molecule has 0 saturated carbocycles. The maximum atomic E-state index is 5.61. The van der Waals surface area contributed by atoms with Crippen molar-refractivity contribution in [1.29, 1.82) is 0 Å². The van der Waals surface area contributed by atoms with E-state index >= 15 is 0 Å². The Bertz CT molecular complexity index is 326. The van der Waals surface area contributed by atoms with Gasteiger partial charge in [0.05, 0.1) is 0 Å². The van der Waals surface area contributed by atoms with Crippen LogP contribution in [-0.2, 0) is 6.54 Å². The molecular weight excluding hydrogens is 216 g/mol. The normalized spacial score (nSPS) is 25.8. The van der Waals surface area contributed by atoms with E-state index in [1.165, 1.54) is 11.3 Å². The van der Waals surface area contributed by atoms with Crippen molar-refractivity contribution >= 4 is 17.4 Å². The molecule has 88 valence electrons. The molecule has 1 fully saturated rings. The number of hydrogen-bond acceptors (Lipinski definition) is 3. The van der Waals surface area contributed by atoms with E-state index in [0.29, 0.717) is 6.54 Å². The Morgan fingerprint density at radius 2 is 1.75 bits per heavy atom. The molecule has 16 heavy (non-hydrogen) atoms. The van der Waals surface area contributed by atoms with E-state index < -0.39 is 0 Å². The molecule has 2 unspecified atom stereocenters. The summed E-state index contributed by atoms with van der Waals surface area (Å²) in [6.45, 7) is 7.54. The van der Waals surface area contributed by atoms with Gasteiger partial charge in [0, 0.05) is 35.8 Å². The van der Waals surface area contributed by atoms with Crippen LogP contribution < -0.4 is 10.6 Å². The first-order valence-corrected chi connectivity index (χ1v) is 6.82. The van der Waals surface area contributed by atoms with Gasteiger partial charge >= 0.3 is 0 Å². The van der Waals surface area contributed by atoms with Gasteiger partial charge in [0.25, 0.3) is 0 Å². The molecule has 2 nitrogen and oxygen atoms in total. The second kappa shape index (κ2) is 5.11. The third-order valence-corrected chi connectivity index (χ3v) is 4.18. The molecule has 1 aromatic carbocycles. The van der Waals surface area contributed by atoms with Crippen molar-refractivity contribution in [3.63, 3.8) is 0 Å². The molecule has 0 aromatic heterocycles. The molecule has 0 amide bonds. The summed E-state index contributed by atoms with van der Waals surface area (Å²) in [5, 5.41) is 1.44. The van der Waals surface area contributed by atoms with Gasteiger partial charge in [0.2, 0.25) is 0 Å². The predicted molar refractivity (Wildman–Crippen MR) is 73.1 cm³/mol. The zero-order chi connectivity index (χ0) is 11.5. The standard InChI is InChI=1S/C13H20N2S/c1-10-8-15(9-11(2)16-10)13-5-3-12(7-14)4-6-13/h3-6,10-11H,7-9,14H2,1-2H3. The molecular formula is C13H20N2S. The molecule has 2 atom stereocenters. The highest BCUT2D eigenvalue weighted by molar-refractivity contribution is 8.00. The summed E-state index contributed by atoms with van der Waals surface area (Å²) in [4.78, 5) is 2.48. The van der Waals surface area contributed by atoms with Crippen LogP contribution in [0.2, 0.25) is 0 Å². The molecule has 2 rings (SSSR count). The molecule has 0 spiro atoms. The maximum absolute atomic E-state index is 5.61. The quantitative estimate of drug-likeness (QED) is 0.855. The van der Waals surface area contributed by atoms with Crippen molar-refractivity contribution in [2.24, 2.45) is 5.73 Å². The van der Waals surface area contributed by atoms with E-state index in [9.17, 15) is 0 Å². The van der Waals surface area contributed by atoms with Crippen LogP contribution in [0.4, 0.5) is 5.69 Å². The van der Waals surface area contributed by atoms with Crippen LogP contribution in [0.15, 0.2) is 24.3 Å². The fraction of sp³-hybridized carbons (Fsp3) is 0.538. The van der Waals surface area contributed by atoms with Gasteiger partial charge in [-0.05, 0) is 17.7 Å². The first kappa shape index (κ1) is 11.8. The first-order valence-electron chi connectivity index (χ1n) is 5.88. The molecule has 0 aliphatic carbocycles. The van der Waals surface area contributed by atoms with Crippen LogP contribution in [0.3, 0.4) is 0 Å². The van der Waals surface area contributed by atoms with E-state index in [4.69, 9.17) is 5.73 Å². The zero-order valence-electron chi connectivity index (χ0n) is 10.0. The van der Waals surface area contributed by atoms with Crippen LogP contribution in [0.5, 0.6) is 0 Å². The van der Waals surface area contributed by atoms with Gasteiger partial charge in [-0.2, -0.15) is 11.8 Å². The fourth-order valence-electron chi connectivity index (χ4n) is 2.23. The molecule has 1 saturated heterocycles. The summed E-state index contributed by atoms with van der Waals surface area (Å²) in [5.74, 6) is 0. The van der Waals surface area contributed by atoms with Crippen molar-refractivity contribution in [3.05, 3.63) is 29.8 Å². The van der Waals surface area contributed by atoms with Crippen LogP contribution in [0.25, 0.3) is 0 Å². The lowest BCUT2D eigenvalue weighted by Crippen LogP contribution is -2.40. The number of hydrogen-bond donors (Lipinski definition) is 1. The Hall–Kier alpha value is -0.670. The third kappa shape index (κ3) is 2.71. The zero-order valence-corrected chi connectivity index (χ0v) is 10.8. The number of nitrogens with zero attached hydrogens (tertiary/aromatic N) is 1. The van der Waals surface area contributed by atoms with Crippen LogP contribution in [0, 0.1) is 0 Å². The average molecular weight is 236 g/mol. The molecule has 3 heteroatoms. The van der Waals surface area contributed by atoms with Crippen molar-refractivity contribution in [1.82, 2.24) is 0 Å². The van der Waals surface area contributed by atoms with Gasteiger partial charge < -0.3 is 10.6 Å². The molecule has 0 bridgehead atoms. The van der Waals surface area contributed by atoms with Gasteiger partial charge in [-0.3, -0.25) is 0 Å². The Morgan fingerprint density at radius 3 is 2.25 bits per heavy atom. The topological polar surface area (TPSA) is 29.3 Å². The van der Waals surface area contributed by atoms with Gasteiger partial charge in [0.15, 0.2) is 0 Å². The number of anilines is 1. The van der Waals surface area contributed by atoms with Crippen molar-refractivity contribution in [2.75, 3.05) is 18.0 Å². The van der Waals surface area contributed by atoms with E-state index in [-0.39, 0.29) is 0 Å². The van der Waals surface area contributed by atoms with E-state index in [2.05, 4.69) is 54.8 Å².